The molecule has 1 saturated carbocycles. The molecule has 3 aromatic heterocycles. The van der Waals surface area contributed by atoms with E-state index in [9.17, 15) is 9.59 Å². The van der Waals surface area contributed by atoms with Crippen LogP contribution in [0, 0.1) is 23.2 Å². The van der Waals surface area contributed by atoms with Crippen molar-refractivity contribution in [1.29, 1.82) is 5.26 Å². The zero-order valence-electron chi connectivity index (χ0n) is 25.4. The van der Waals surface area contributed by atoms with Crippen molar-refractivity contribution >= 4 is 34.8 Å². The largest absolute Gasteiger partial charge is 0.364 e. The first-order chi connectivity index (χ1) is 21.4. The number of carbonyl (C=O) groups is 2. The van der Waals surface area contributed by atoms with Gasteiger partial charge < -0.3 is 24.9 Å². The smallest absolute Gasteiger partial charge is 0.247 e. The van der Waals surface area contributed by atoms with Gasteiger partial charge in [0.2, 0.25) is 17.8 Å². The van der Waals surface area contributed by atoms with Crippen LogP contribution in [0.1, 0.15) is 44.9 Å². The van der Waals surface area contributed by atoms with Gasteiger partial charge in [-0.15, -0.1) is 5.10 Å². The number of fused-ring (bicyclic) bond motifs is 3. The Labute approximate surface area is 257 Å². The summed E-state index contributed by atoms with van der Waals surface area (Å²) >= 11 is 0. The fraction of sp³-hybridized carbons (Fsp3) is 0.613. The molecule has 2 bridgehead atoms. The fourth-order valence-electron chi connectivity index (χ4n) is 7.54. The third kappa shape index (κ3) is 5.70. The minimum atomic E-state index is 0.0713. The van der Waals surface area contributed by atoms with Gasteiger partial charge in [-0.2, -0.15) is 15.3 Å². The minimum Gasteiger partial charge on any atom is -0.364 e. The molecule has 1 aliphatic carbocycles. The van der Waals surface area contributed by atoms with Crippen molar-refractivity contribution in [2.24, 2.45) is 11.8 Å². The van der Waals surface area contributed by atoms with Crippen LogP contribution < -0.4 is 10.2 Å². The number of hydrogen-bond donors (Lipinski definition) is 1. The molecule has 7 rings (SSSR count). The molecule has 2 unspecified atom stereocenters. The van der Waals surface area contributed by atoms with Crippen molar-refractivity contribution in [3.63, 3.8) is 0 Å². The first-order valence-corrected chi connectivity index (χ1v) is 16.0. The molecule has 2 amide bonds. The van der Waals surface area contributed by atoms with Crippen LogP contribution in [0.15, 0.2) is 30.7 Å². The Morgan fingerprint density at radius 2 is 1.80 bits per heavy atom. The number of aromatic nitrogens is 5. The number of amides is 2. The highest BCUT2D eigenvalue weighted by molar-refractivity contribution is 5.81. The molecule has 3 aliphatic heterocycles. The maximum absolute atomic E-state index is 13.6. The number of anilines is 3. The summed E-state index contributed by atoms with van der Waals surface area (Å²) < 4.78 is 3.44. The van der Waals surface area contributed by atoms with E-state index in [1.165, 1.54) is 0 Å². The summed E-state index contributed by atoms with van der Waals surface area (Å²) in [6.07, 6.45) is 11.8. The van der Waals surface area contributed by atoms with E-state index >= 15 is 0 Å². The molecule has 6 heterocycles. The third-order valence-corrected chi connectivity index (χ3v) is 10.0. The highest BCUT2D eigenvalue weighted by atomic mass is 16.2. The Morgan fingerprint density at radius 3 is 2.52 bits per heavy atom. The lowest BCUT2D eigenvalue weighted by atomic mass is 9.80. The van der Waals surface area contributed by atoms with Crippen molar-refractivity contribution in [3.05, 3.63) is 30.7 Å². The Bertz CT molecular complexity index is 1530. The van der Waals surface area contributed by atoms with Gasteiger partial charge in [0.25, 0.3) is 0 Å². The van der Waals surface area contributed by atoms with Gasteiger partial charge in [0.15, 0.2) is 5.65 Å². The van der Waals surface area contributed by atoms with E-state index in [2.05, 4.69) is 49.4 Å². The number of nitrogens with zero attached hydrogens (tertiary/aromatic N) is 10. The zero-order valence-corrected chi connectivity index (χ0v) is 25.4. The first kappa shape index (κ1) is 28.6. The van der Waals surface area contributed by atoms with Crippen molar-refractivity contribution in [2.75, 3.05) is 56.5 Å². The molecule has 13 heteroatoms. The molecule has 13 nitrogen and oxygen atoms in total. The monoisotopic (exact) mass is 599 g/mol. The lowest BCUT2D eigenvalue weighted by Crippen LogP contribution is -2.57. The molecule has 232 valence electrons. The first-order valence-electron chi connectivity index (χ1n) is 16.0. The van der Waals surface area contributed by atoms with E-state index < -0.39 is 0 Å². The highest BCUT2D eigenvalue weighted by Crippen LogP contribution is 2.38. The van der Waals surface area contributed by atoms with E-state index in [4.69, 9.17) is 10.2 Å². The number of pyridine rings is 1. The van der Waals surface area contributed by atoms with Gasteiger partial charge >= 0.3 is 0 Å². The van der Waals surface area contributed by atoms with Gasteiger partial charge in [0.05, 0.1) is 23.6 Å². The number of piperazine rings is 2. The maximum Gasteiger partial charge on any atom is 0.247 e. The van der Waals surface area contributed by atoms with Gasteiger partial charge in [0.1, 0.15) is 6.54 Å². The molecule has 4 aliphatic rings. The predicted molar refractivity (Wildman–Crippen MR) is 164 cm³/mol. The molecule has 0 spiro atoms. The van der Waals surface area contributed by atoms with Crippen LogP contribution >= 0.6 is 0 Å². The van der Waals surface area contributed by atoms with Crippen LogP contribution in [0.25, 0.3) is 5.65 Å². The van der Waals surface area contributed by atoms with Crippen LogP contribution in [-0.4, -0.2) is 109 Å². The van der Waals surface area contributed by atoms with Gasteiger partial charge in [-0.1, -0.05) is 0 Å². The second-order valence-corrected chi connectivity index (χ2v) is 12.9. The summed E-state index contributed by atoms with van der Waals surface area (Å²) in [6, 6.07) is 6.79. The molecule has 2 atom stereocenters. The summed E-state index contributed by atoms with van der Waals surface area (Å²) in [6.45, 7) is 5.04. The molecular weight excluding hydrogens is 558 g/mol. The summed E-state index contributed by atoms with van der Waals surface area (Å²) in [5, 5.41) is 21.3. The average Bonchev–Trinajstić information content (AvgIpc) is 3.72. The average molecular weight is 600 g/mol. The standard InChI is InChI=1S/C31H41N11O2/c1-37-13-15-38(16-14-37)28(43)21-40-18-24(17-33-40)34-31-35-29-27(3-2-12-41(29)36-31)39-19-25-8-9-26(20-39)42(25)30(44)23-6-4-22(5-7-23)10-11-32/h2-3,12,17-18,22-23,25-26H,4-10,13-16,19-21H2,1H3,(H,34,36). The highest BCUT2D eigenvalue weighted by Gasteiger charge is 2.45. The van der Waals surface area contributed by atoms with E-state index in [-0.39, 0.29) is 30.5 Å². The lowest BCUT2D eigenvalue weighted by molar-refractivity contribution is -0.140. The summed E-state index contributed by atoms with van der Waals surface area (Å²) in [5.41, 5.74) is 2.51. The summed E-state index contributed by atoms with van der Waals surface area (Å²) in [5.74, 6) is 1.41. The molecule has 0 radical (unpaired) electrons. The van der Waals surface area contributed by atoms with Crippen LogP contribution in [0.2, 0.25) is 0 Å². The Hall–Kier alpha value is -4.18. The van der Waals surface area contributed by atoms with E-state index in [1.54, 1.807) is 15.4 Å². The number of rotatable bonds is 7. The van der Waals surface area contributed by atoms with Gasteiger partial charge in [0, 0.05) is 76.1 Å². The third-order valence-electron chi connectivity index (χ3n) is 10.0. The van der Waals surface area contributed by atoms with Gasteiger partial charge in [-0.05, 0) is 63.6 Å². The Morgan fingerprint density at radius 1 is 1.05 bits per heavy atom. The Kier molecular flexibility index (Phi) is 7.84. The van der Waals surface area contributed by atoms with Crippen LogP contribution in [0.5, 0.6) is 0 Å². The van der Waals surface area contributed by atoms with Gasteiger partial charge in [-0.25, -0.2) is 4.52 Å². The zero-order chi connectivity index (χ0) is 30.2. The molecule has 4 fully saturated rings. The van der Waals surface area contributed by atoms with Gasteiger partial charge in [-0.3, -0.25) is 14.3 Å². The molecular formula is C31H41N11O2. The van der Waals surface area contributed by atoms with Crippen molar-refractivity contribution in [3.8, 4) is 6.07 Å². The SMILES string of the molecule is CN1CCN(C(=O)Cn2cc(Nc3nc4c(N5CC6CCC(C5)N6C(=O)C5CCC(CC#N)CC5)cccn4n3)cn2)CC1. The van der Waals surface area contributed by atoms with E-state index in [0.29, 0.717) is 24.2 Å². The number of nitriles is 1. The topological polar surface area (TPSA) is 131 Å². The van der Waals surface area contributed by atoms with Crippen LogP contribution in [0.4, 0.5) is 17.3 Å². The molecule has 44 heavy (non-hydrogen) atoms. The maximum atomic E-state index is 13.6. The van der Waals surface area contributed by atoms with E-state index in [1.807, 2.05) is 23.4 Å². The molecule has 1 N–H and O–H groups in total. The van der Waals surface area contributed by atoms with E-state index in [0.717, 1.165) is 94.8 Å². The normalized spacial score (nSPS) is 25.8. The Balaban J connectivity index is 0.995. The minimum absolute atomic E-state index is 0.0713. The second-order valence-electron chi connectivity index (χ2n) is 12.9. The molecule has 3 aromatic rings. The fourth-order valence-corrected chi connectivity index (χ4v) is 7.54. The predicted octanol–water partition coefficient (Wildman–Crippen LogP) is 2.34. The summed E-state index contributed by atoms with van der Waals surface area (Å²) in [4.78, 5) is 39.9. The van der Waals surface area contributed by atoms with Crippen LogP contribution in [0.3, 0.4) is 0 Å². The van der Waals surface area contributed by atoms with Crippen molar-refractivity contribution in [2.45, 2.75) is 63.6 Å². The number of nitrogens with one attached hydrogen (secondary N) is 1. The quantitative estimate of drug-likeness (QED) is 0.435. The summed E-state index contributed by atoms with van der Waals surface area (Å²) in [7, 11) is 2.07. The number of hydrogen-bond acceptors (Lipinski definition) is 9. The second kappa shape index (κ2) is 12.1. The lowest BCUT2D eigenvalue weighted by Gasteiger charge is -2.44. The molecule has 0 aromatic carbocycles. The number of likely N-dealkylation sites (N-methyl/N-ethyl adjacent to an activating group) is 1. The van der Waals surface area contributed by atoms with Crippen LogP contribution in [-0.2, 0) is 16.1 Å². The molecule has 3 saturated heterocycles. The van der Waals surface area contributed by atoms with Crippen molar-refractivity contribution in [1.82, 2.24) is 39.1 Å². The number of carbonyl (C=O) groups excluding carboxylic acids is 2. The van der Waals surface area contributed by atoms with Crippen molar-refractivity contribution < 1.29 is 9.59 Å².